The Labute approximate surface area is 81.8 Å². The monoisotopic (exact) mass is 192 g/mol. The van der Waals surface area contributed by atoms with Crippen LogP contribution in [0.15, 0.2) is 29.8 Å². The Morgan fingerprint density at radius 1 is 1.46 bits per heavy atom. The molecule has 2 nitrogen and oxygen atoms in total. The molecule has 0 aliphatic carbocycles. The molecule has 0 fully saturated rings. The maximum Gasteiger partial charge on any atom is 0.0593 e. The lowest BCUT2D eigenvalue weighted by Gasteiger charge is -1.98. The van der Waals surface area contributed by atoms with Gasteiger partial charge in [0.1, 0.15) is 0 Å². The van der Waals surface area contributed by atoms with E-state index in [1.165, 1.54) is 4.88 Å². The highest BCUT2D eigenvalue weighted by atomic mass is 32.1. The SMILES string of the molecule is Cc1ccn(CCc2cccs2)n1. The topological polar surface area (TPSA) is 17.8 Å². The molecule has 0 bridgehead atoms. The zero-order valence-electron chi connectivity index (χ0n) is 7.60. The van der Waals surface area contributed by atoms with Gasteiger partial charge in [-0.25, -0.2) is 0 Å². The van der Waals surface area contributed by atoms with Gasteiger partial charge in [0, 0.05) is 24.0 Å². The van der Waals surface area contributed by atoms with Crippen LogP contribution in [-0.2, 0) is 13.0 Å². The number of hydrogen-bond acceptors (Lipinski definition) is 2. The van der Waals surface area contributed by atoms with Crippen molar-refractivity contribution < 1.29 is 0 Å². The Bertz CT molecular complexity index is 362. The summed E-state index contributed by atoms with van der Waals surface area (Å²) in [5.41, 5.74) is 1.09. The smallest absolute Gasteiger partial charge is 0.0593 e. The maximum absolute atomic E-state index is 4.33. The third-order valence-electron chi connectivity index (χ3n) is 1.94. The fraction of sp³-hybridized carbons (Fsp3) is 0.300. The van der Waals surface area contributed by atoms with Crippen LogP contribution in [0.5, 0.6) is 0 Å². The van der Waals surface area contributed by atoms with Crippen LogP contribution in [0, 0.1) is 6.92 Å². The van der Waals surface area contributed by atoms with Gasteiger partial charge in [0.05, 0.1) is 5.69 Å². The molecule has 0 aliphatic rings. The van der Waals surface area contributed by atoms with Crippen LogP contribution < -0.4 is 0 Å². The van der Waals surface area contributed by atoms with Crippen molar-refractivity contribution >= 4 is 11.3 Å². The van der Waals surface area contributed by atoms with Crippen molar-refractivity contribution in [2.45, 2.75) is 19.9 Å². The van der Waals surface area contributed by atoms with E-state index in [2.05, 4.69) is 22.6 Å². The van der Waals surface area contributed by atoms with Crippen molar-refractivity contribution in [1.29, 1.82) is 0 Å². The number of hydrogen-bond donors (Lipinski definition) is 0. The van der Waals surface area contributed by atoms with E-state index in [0.717, 1.165) is 18.7 Å². The van der Waals surface area contributed by atoms with Gasteiger partial charge in [-0.2, -0.15) is 5.10 Å². The molecule has 0 atom stereocenters. The standard InChI is InChI=1S/C10H12N2S/c1-9-4-6-12(11-9)7-5-10-3-2-8-13-10/h2-4,6,8H,5,7H2,1H3. The van der Waals surface area contributed by atoms with Crippen LogP contribution in [0.2, 0.25) is 0 Å². The molecule has 2 aromatic rings. The summed E-state index contributed by atoms with van der Waals surface area (Å²) in [5.74, 6) is 0. The summed E-state index contributed by atoms with van der Waals surface area (Å²) in [6.07, 6.45) is 3.11. The molecule has 0 N–H and O–H groups in total. The van der Waals surface area contributed by atoms with Crippen molar-refractivity contribution in [2.24, 2.45) is 0 Å². The zero-order valence-corrected chi connectivity index (χ0v) is 8.42. The summed E-state index contributed by atoms with van der Waals surface area (Å²) in [6, 6.07) is 6.30. The Hall–Kier alpha value is -1.09. The third-order valence-corrected chi connectivity index (χ3v) is 2.88. The first-order chi connectivity index (χ1) is 6.34. The minimum absolute atomic E-state index is 0.981. The Morgan fingerprint density at radius 2 is 2.38 bits per heavy atom. The average Bonchev–Trinajstić information content (AvgIpc) is 2.71. The molecule has 0 unspecified atom stereocenters. The second-order valence-electron chi connectivity index (χ2n) is 3.05. The highest BCUT2D eigenvalue weighted by molar-refractivity contribution is 7.09. The summed E-state index contributed by atoms with van der Waals surface area (Å²) < 4.78 is 2.00. The van der Waals surface area contributed by atoms with E-state index in [0.29, 0.717) is 0 Å². The van der Waals surface area contributed by atoms with Crippen LogP contribution in [0.3, 0.4) is 0 Å². The summed E-state index contributed by atoms with van der Waals surface area (Å²) in [6.45, 7) is 3.00. The molecule has 2 heterocycles. The minimum Gasteiger partial charge on any atom is -0.272 e. The average molecular weight is 192 g/mol. The first-order valence-corrected chi connectivity index (χ1v) is 5.25. The molecule has 0 amide bonds. The predicted molar refractivity (Wildman–Crippen MR) is 55.0 cm³/mol. The minimum atomic E-state index is 0.981. The van der Waals surface area contributed by atoms with Crippen molar-refractivity contribution in [1.82, 2.24) is 9.78 Å². The quantitative estimate of drug-likeness (QED) is 0.730. The molecule has 3 heteroatoms. The molecule has 0 saturated heterocycles. The van der Waals surface area contributed by atoms with Gasteiger partial charge in [-0.15, -0.1) is 11.3 Å². The first-order valence-electron chi connectivity index (χ1n) is 4.37. The summed E-state index contributed by atoms with van der Waals surface area (Å²) in [7, 11) is 0. The lowest BCUT2D eigenvalue weighted by atomic mass is 10.3. The molecule has 0 saturated carbocycles. The van der Waals surface area contributed by atoms with Gasteiger partial charge < -0.3 is 0 Å². The van der Waals surface area contributed by atoms with Crippen molar-refractivity contribution in [2.75, 3.05) is 0 Å². The van der Waals surface area contributed by atoms with Gasteiger partial charge >= 0.3 is 0 Å². The van der Waals surface area contributed by atoms with Crippen LogP contribution in [0.4, 0.5) is 0 Å². The van der Waals surface area contributed by atoms with Gasteiger partial charge in [-0.05, 0) is 24.4 Å². The highest BCUT2D eigenvalue weighted by Gasteiger charge is 1.96. The van der Waals surface area contributed by atoms with Gasteiger partial charge in [0.2, 0.25) is 0 Å². The van der Waals surface area contributed by atoms with Crippen molar-refractivity contribution in [3.05, 3.63) is 40.3 Å². The summed E-state index contributed by atoms with van der Waals surface area (Å²) in [4.78, 5) is 1.42. The second kappa shape index (κ2) is 3.75. The molecule has 0 spiro atoms. The van der Waals surface area contributed by atoms with Gasteiger partial charge in [-0.3, -0.25) is 4.68 Å². The Balaban J connectivity index is 1.93. The largest absolute Gasteiger partial charge is 0.272 e. The zero-order chi connectivity index (χ0) is 9.10. The summed E-state index contributed by atoms with van der Waals surface area (Å²) >= 11 is 1.81. The van der Waals surface area contributed by atoms with E-state index in [1.807, 2.05) is 35.2 Å². The Morgan fingerprint density at radius 3 is 3.00 bits per heavy atom. The number of thiophene rings is 1. The molecule has 13 heavy (non-hydrogen) atoms. The van der Waals surface area contributed by atoms with E-state index in [9.17, 15) is 0 Å². The predicted octanol–water partition coefficient (Wildman–Crippen LogP) is 2.50. The lowest BCUT2D eigenvalue weighted by molar-refractivity contribution is 0.613. The van der Waals surface area contributed by atoms with Gasteiger partial charge in [0.25, 0.3) is 0 Å². The van der Waals surface area contributed by atoms with E-state index in [4.69, 9.17) is 0 Å². The highest BCUT2D eigenvalue weighted by Crippen LogP contribution is 2.09. The van der Waals surface area contributed by atoms with Crippen LogP contribution in [0.25, 0.3) is 0 Å². The number of rotatable bonds is 3. The second-order valence-corrected chi connectivity index (χ2v) is 4.08. The van der Waals surface area contributed by atoms with E-state index < -0.39 is 0 Å². The molecule has 0 aromatic carbocycles. The maximum atomic E-state index is 4.33. The number of aromatic nitrogens is 2. The lowest BCUT2D eigenvalue weighted by Crippen LogP contribution is -2.00. The number of nitrogens with zero attached hydrogens (tertiary/aromatic N) is 2. The molecular formula is C10H12N2S. The van der Waals surface area contributed by atoms with Crippen molar-refractivity contribution in [3.8, 4) is 0 Å². The Kier molecular flexibility index (Phi) is 2.45. The van der Waals surface area contributed by atoms with Crippen molar-refractivity contribution in [3.63, 3.8) is 0 Å². The first kappa shape index (κ1) is 8.51. The van der Waals surface area contributed by atoms with Crippen LogP contribution >= 0.6 is 11.3 Å². The fourth-order valence-electron chi connectivity index (χ4n) is 1.27. The fourth-order valence-corrected chi connectivity index (χ4v) is 1.97. The molecule has 0 aliphatic heterocycles. The molecular weight excluding hydrogens is 180 g/mol. The molecule has 2 aromatic heterocycles. The van der Waals surface area contributed by atoms with E-state index in [-0.39, 0.29) is 0 Å². The van der Waals surface area contributed by atoms with E-state index in [1.54, 1.807) is 0 Å². The van der Waals surface area contributed by atoms with Crippen LogP contribution in [0.1, 0.15) is 10.6 Å². The summed E-state index contributed by atoms with van der Waals surface area (Å²) in [5, 5.41) is 6.45. The van der Waals surface area contributed by atoms with Crippen LogP contribution in [-0.4, -0.2) is 9.78 Å². The van der Waals surface area contributed by atoms with Gasteiger partial charge in [0.15, 0.2) is 0 Å². The molecule has 68 valence electrons. The normalized spacial score (nSPS) is 10.5. The van der Waals surface area contributed by atoms with Gasteiger partial charge in [-0.1, -0.05) is 6.07 Å². The molecule has 0 radical (unpaired) electrons. The third kappa shape index (κ3) is 2.18. The van der Waals surface area contributed by atoms with E-state index >= 15 is 0 Å². The molecule has 2 rings (SSSR count). The number of aryl methyl sites for hydroxylation is 3.